The maximum Gasteiger partial charge on any atom is 0.328 e. The van der Waals surface area contributed by atoms with Crippen molar-refractivity contribution < 1.29 is 48.9 Å². The van der Waals surface area contributed by atoms with E-state index in [2.05, 4.69) is 26.6 Å². The first-order valence-corrected chi connectivity index (χ1v) is 16.2. The van der Waals surface area contributed by atoms with E-state index in [-0.39, 0.29) is 30.7 Å². The zero-order valence-corrected chi connectivity index (χ0v) is 28.6. The van der Waals surface area contributed by atoms with Gasteiger partial charge in [-0.1, -0.05) is 56.3 Å². The standard InChI is InChI=1S/C34H47N7O10/c1-18(2)12-24(33(49)41-28(19(3)43)34(50)51)39-32(48)25(15-20-8-5-4-6-9-20)38-27(44)16-37-31(47)26(17-42)40-30(46)23(35)14-21-10-7-11-22(13-21)29(36)45/h4-11,13,18-19,23-26,28,42-43H,12,14-17,35H2,1-3H3,(H2,36,45)(H,37,47)(H,38,44)(H,39,48)(H,40,46)(H,41,49)(H,50,51). The van der Waals surface area contributed by atoms with E-state index >= 15 is 0 Å². The summed E-state index contributed by atoms with van der Waals surface area (Å²) < 4.78 is 0. The highest BCUT2D eigenvalue weighted by atomic mass is 16.4. The van der Waals surface area contributed by atoms with Gasteiger partial charge in [0.25, 0.3) is 0 Å². The van der Waals surface area contributed by atoms with Gasteiger partial charge in [-0.2, -0.15) is 0 Å². The van der Waals surface area contributed by atoms with Gasteiger partial charge in [0, 0.05) is 12.0 Å². The number of carbonyl (C=O) groups is 7. The number of hydrogen-bond acceptors (Lipinski definition) is 10. The van der Waals surface area contributed by atoms with E-state index in [1.54, 1.807) is 56.3 Å². The van der Waals surface area contributed by atoms with Crippen LogP contribution in [-0.4, -0.2) is 106 Å². The molecule has 0 spiro atoms. The van der Waals surface area contributed by atoms with Crippen molar-refractivity contribution in [2.24, 2.45) is 17.4 Å². The Balaban J connectivity index is 2.09. The van der Waals surface area contributed by atoms with Crippen LogP contribution in [0.15, 0.2) is 54.6 Å². The van der Waals surface area contributed by atoms with Crippen molar-refractivity contribution in [2.75, 3.05) is 13.2 Å². The summed E-state index contributed by atoms with van der Waals surface area (Å²) in [5, 5.41) is 40.9. The molecule has 6 atom stereocenters. The number of rotatable bonds is 20. The molecule has 17 heteroatoms. The van der Waals surface area contributed by atoms with E-state index in [9.17, 15) is 48.9 Å². The fraction of sp³-hybridized carbons (Fsp3) is 0.441. The second-order valence-corrected chi connectivity index (χ2v) is 12.4. The van der Waals surface area contributed by atoms with Crippen molar-refractivity contribution in [3.63, 3.8) is 0 Å². The van der Waals surface area contributed by atoms with Crippen LogP contribution < -0.4 is 38.1 Å². The van der Waals surface area contributed by atoms with Gasteiger partial charge in [0.05, 0.1) is 25.3 Å². The van der Waals surface area contributed by atoms with Crippen LogP contribution in [0.2, 0.25) is 0 Å². The fourth-order valence-electron chi connectivity index (χ4n) is 4.88. The number of carboxylic acid groups (broad SMARTS) is 1. The van der Waals surface area contributed by atoms with E-state index in [0.29, 0.717) is 11.1 Å². The highest BCUT2D eigenvalue weighted by Crippen LogP contribution is 2.10. The molecule has 0 aromatic heterocycles. The van der Waals surface area contributed by atoms with Crippen LogP contribution >= 0.6 is 0 Å². The average molecular weight is 714 g/mol. The smallest absolute Gasteiger partial charge is 0.328 e. The monoisotopic (exact) mass is 713 g/mol. The second kappa shape index (κ2) is 20.3. The second-order valence-electron chi connectivity index (χ2n) is 12.4. The molecule has 2 aromatic rings. The summed E-state index contributed by atoms with van der Waals surface area (Å²) in [6.07, 6.45) is -1.36. The molecular formula is C34H47N7O10. The zero-order valence-electron chi connectivity index (χ0n) is 28.6. The SMILES string of the molecule is CC(C)CC(NC(=O)C(Cc1ccccc1)NC(=O)CNC(=O)C(CO)NC(=O)C(N)Cc1cccc(C(N)=O)c1)C(=O)NC(C(=O)O)C(C)O. The molecule has 6 amide bonds. The third-order valence-electron chi connectivity index (χ3n) is 7.56. The summed E-state index contributed by atoms with van der Waals surface area (Å²) in [4.78, 5) is 88.0. The van der Waals surface area contributed by atoms with Crippen molar-refractivity contribution in [1.82, 2.24) is 26.6 Å². The molecule has 0 radical (unpaired) electrons. The molecule has 0 aliphatic heterocycles. The molecule has 0 saturated heterocycles. The van der Waals surface area contributed by atoms with Crippen LogP contribution in [0.25, 0.3) is 0 Å². The Morgan fingerprint density at radius 3 is 1.90 bits per heavy atom. The Hall–Kier alpha value is -5.39. The summed E-state index contributed by atoms with van der Waals surface area (Å²) in [7, 11) is 0. The summed E-state index contributed by atoms with van der Waals surface area (Å²) in [5.41, 5.74) is 12.7. The Morgan fingerprint density at radius 2 is 1.33 bits per heavy atom. The maximum absolute atomic E-state index is 13.5. The predicted molar refractivity (Wildman–Crippen MR) is 183 cm³/mol. The number of nitrogens with one attached hydrogen (secondary N) is 5. The van der Waals surface area contributed by atoms with Gasteiger partial charge < -0.3 is 53.4 Å². The maximum atomic E-state index is 13.5. The quantitative estimate of drug-likeness (QED) is 0.0682. The highest BCUT2D eigenvalue weighted by molar-refractivity contribution is 5.96. The van der Waals surface area contributed by atoms with Crippen molar-refractivity contribution in [2.45, 2.75) is 76.3 Å². The minimum atomic E-state index is -1.63. The largest absolute Gasteiger partial charge is 0.480 e. The minimum absolute atomic E-state index is 0.0135. The van der Waals surface area contributed by atoms with E-state index in [4.69, 9.17) is 11.5 Å². The van der Waals surface area contributed by atoms with Gasteiger partial charge in [0.2, 0.25) is 35.4 Å². The molecule has 0 aliphatic carbocycles. The van der Waals surface area contributed by atoms with Gasteiger partial charge in [-0.05, 0) is 48.9 Å². The molecule has 51 heavy (non-hydrogen) atoms. The molecule has 0 fully saturated rings. The van der Waals surface area contributed by atoms with Crippen molar-refractivity contribution in [1.29, 1.82) is 0 Å². The number of nitrogens with two attached hydrogens (primary N) is 2. The number of aliphatic hydroxyl groups is 2. The molecule has 0 heterocycles. The van der Waals surface area contributed by atoms with Crippen LogP contribution in [0.1, 0.15) is 48.7 Å². The summed E-state index contributed by atoms with van der Waals surface area (Å²) in [5.74, 6) is -6.42. The van der Waals surface area contributed by atoms with Crippen molar-refractivity contribution in [3.8, 4) is 0 Å². The van der Waals surface area contributed by atoms with Crippen LogP contribution in [0, 0.1) is 5.92 Å². The number of aliphatic carboxylic acids is 1. The number of primary amides is 1. The third-order valence-corrected chi connectivity index (χ3v) is 7.56. The van der Waals surface area contributed by atoms with Crippen molar-refractivity contribution in [3.05, 3.63) is 71.3 Å². The average Bonchev–Trinajstić information content (AvgIpc) is 3.07. The lowest BCUT2D eigenvalue weighted by Gasteiger charge is -2.26. The Labute approximate surface area is 294 Å². The van der Waals surface area contributed by atoms with Gasteiger partial charge in [-0.3, -0.25) is 28.8 Å². The number of aliphatic hydroxyl groups excluding tert-OH is 2. The molecule has 12 N–H and O–H groups in total. The molecule has 6 unspecified atom stereocenters. The van der Waals surface area contributed by atoms with Gasteiger partial charge in [0.15, 0.2) is 6.04 Å². The van der Waals surface area contributed by atoms with Gasteiger partial charge in [0.1, 0.15) is 18.1 Å². The van der Waals surface area contributed by atoms with Crippen LogP contribution in [0.5, 0.6) is 0 Å². The van der Waals surface area contributed by atoms with E-state index < -0.39 is 90.9 Å². The van der Waals surface area contributed by atoms with Crippen molar-refractivity contribution >= 4 is 41.4 Å². The van der Waals surface area contributed by atoms with Crippen LogP contribution in [0.4, 0.5) is 0 Å². The van der Waals surface area contributed by atoms with Crippen LogP contribution in [-0.2, 0) is 41.6 Å². The number of carbonyl (C=O) groups excluding carboxylic acids is 6. The highest BCUT2D eigenvalue weighted by Gasteiger charge is 2.32. The molecule has 278 valence electrons. The normalized spacial score (nSPS) is 14.5. The topological polar surface area (TPSA) is 292 Å². The summed E-state index contributed by atoms with van der Waals surface area (Å²) in [6, 6.07) is 8.02. The molecule has 2 aromatic carbocycles. The number of hydrogen-bond donors (Lipinski definition) is 10. The Morgan fingerprint density at radius 1 is 0.725 bits per heavy atom. The lowest BCUT2D eigenvalue weighted by Crippen LogP contribution is -2.58. The first kappa shape index (κ1) is 41.8. The molecular weight excluding hydrogens is 666 g/mol. The number of amides is 6. The third kappa shape index (κ3) is 14.2. The number of benzene rings is 2. The van der Waals surface area contributed by atoms with E-state index in [0.717, 1.165) is 0 Å². The molecule has 2 rings (SSSR count). The van der Waals surface area contributed by atoms with Gasteiger partial charge >= 0.3 is 5.97 Å². The fourth-order valence-corrected chi connectivity index (χ4v) is 4.88. The summed E-state index contributed by atoms with van der Waals surface area (Å²) >= 11 is 0. The van der Waals surface area contributed by atoms with Gasteiger partial charge in [-0.25, -0.2) is 4.79 Å². The first-order valence-electron chi connectivity index (χ1n) is 16.2. The first-order chi connectivity index (χ1) is 24.0. The number of carboxylic acids is 1. The predicted octanol–water partition coefficient (Wildman–Crippen LogP) is -2.54. The van der Waals surface area contributed by atoms with Crippen LogP contribution in [0.3, 0.4) is 0 Å². The molecule has 0 bridgehead atoms. The lowest BCUT2D eigenvalue weighted by atomic mass is 10.0. The van der Waals surface area contributed by atoms with E-state index in [1.807, 2.05) is 0 Å². The van der Waals surface area contributed by atoms with Gasteiger partial charge in [-0.15, -0.1) is 0 Å². The molecule has 0 saturated carbocycles. The molecule has 17 nitrogen and oxygen atoms in total. The summed E-state index contributed by atoms with van der Waals surface area (Å²) in [6.45, 7) is 3.25. The molecule has 0 aliphatic rings. The lowest BCUT2D eigenvalue weighted by molar-refractivity contribution is -0.145. The zero-order chi connectivity index (χ0) is 38.2. The Kier molecular flexibility index (Phi) is 16.6. The Bertz CT molecular complexity index is 1540. The van der Waals surface area contributed by atoms with E-state index in [1.165, 1.54) is 19.1 Å². The minimum Gasteiger partial charge on any atom is -0.480 e.